The Morgan fingerprint density at radius 2 is 1.55 bits per heavy atom. The quantitative estimate of drug-likeness (QED) is 0.349. The van der Waals surface area contributed by atoms with Crippen molar-refractivity contribution in [2.24, 2.45) is 0 Å². The Kier molecular flexibility index (Phi) is 7.00. The predicted molar refractivity (Wildman–Crippen MR) is 130 cm³/mol. The average molecular weight is 440 g/mol. The largest absolute Gasteiger partial charge is 0.493 e. The number of ether oxygens (including phenoxy) is 1. The summed E-state index contributed by atoms with van der Waals surface area (Å²) in [6.07, 6.45) is 1.08. The molecule has 1 amide bonds. The summed E-state index contributed by atoms with van der Waals surface area (Å²) in [5.74, 6) is -0.488. The lowest BCUT2D eigenvalue weighted by atomic mass is 10.1. The summed E-state index contributed by atoms with van der Waals surface area (Å²) in [5.41, 5.74) is 3.12. The number of anilines is 1. The van der Waals surface area contributed by atoms with Gasteiger partial charge in [0.2, 0.25) is 0 Å². The van der Waals surface area contributed by atoms with Gasteiger partial charge in [0.25, 0.3) is 5.91 Å². The molecular formula is C28H25NO4. The fraction of sp³-hybridized carbons (Fsp3) is 0.143. The third-order valence-corrected chi connectivity index (χ3v) is 5.43. The van der Waals surface area contributed by atoms with E-state index in [9.17, 15) is 9.59 Å². The Bertz CT molecular complexity index is 1270. The van der Waals surface area contributed by atoms with Crippen LogP contribution in [0, 0.1) is 0 Å². The number of rotatable bonds is 9. The lowest BCUT2D eigenvalue weighted by Crippen LogP contribution is -2.12. The zero-order valence-electron chi connectivity index (χ0n) is 18.2. The van der Waals surface area contributed by atoms with Crippen LogP contribution < -0.4 is 10.1 Å². The van der Waals surface area contributed by atoms with Crippen LogP contribution in [0.3, 0.4) is 0 Å². The summed E-state index contributed by atoms with van der Waals surface area (Å²) in [4.78, 5) is 23.6. The SMILES string of the molecule is O=C(O)CCc1ccc(NC(=O)c2ccccc2)cc1OCCc1ccc2ccccc2c1. The van der Waals surface area contributed by atoms with Crippen molar-refractivity contribution in [3.8, 4) is 5.75 Å². The van der Waals surface area contributed by atoms with Crippen molar-refractivity contribution in [1.29, 1.82) is 0 Å². The predicted octanol–water partition coefficient (Wildman–Crippen LogP) is 5.73. The third-order valence-electron chi connectivity index (χ3n) is 5.43. The van der Waals surface area contributed by atoms with Gasteiger partial charge >= 0.3 is 5.97 Å². The highest BCUT2D eigenvalue weighted by atomic mass is 16.5. The number of carbonyl (C=O) groups excluding carboxylic acids is 1. The number of carbonyl (C=O) groups is 2. The molecule has 0 aliphatic carbocycles. The number of carboxylic acid groups (broad SMARTS) is 1. The van der Waals surface area contributed by atoms with Gasteiger partial charge in [-0.3, -0.25) is 9.59 Å². The van der Waals surface area contributed by atoms with Gasteiger partial charge in [0.05, 0.1) is 6.61 Å². The molecule has 0 heterocycles. The lowest BCUT2D eigenvalue weighted by molar-refractivity contribution is -0.136. The number of fused-ring (bicyclic) bond motifs is 1. The Balaban J connectivity index is 1.47. The zero-order chi connectivity index (χ0) is 23.0. The maximum Gasteiger partial charge on any atom is 0.303 e. The smallest absolute Gasteiger partial charge is 0.303 e. The van der Waals surface area contributed by atoms with Gasteiger partial charge in [0, 0.05) is 30.2 Å². The number of hydrogen-bond donors (Lipinski definition) is 2. The third kappa shape index (κ3) is 5.98. The molecule has 0 aliphatic rings. The maximum atomic E-state index is 12.5. The first kappa shape index (κ1) is 22.1. The van der Waals surface area contributed by atoms with E-state index in [4.69, 9.17) is 9.84 Å². The van der Waals surface area contributed by atoms with E-state index in [1.54, 1.807) is 24.3 Å². The van der Waals surface area contributed by atoms with E-state index in [2.05, 4.69) is 35.6 Å². The Morgan fingerprint density at radius 3 is 2.33 bits per heavy atom. The molecule has 4 aromatic carbocycles. The number of benzene rings is 4. The summed E-state index contributed by atoms with van der Waals surface area (Å²) in [7, 11) is 0. The van der Waals surface area contributed by atoms with Gasteiger partial charge in [-0.2, -0.15) is 0 Å². The highest BCUT2D eigenvalue weighted by molar-refractivity contribution is 6.04. The molecule has 0 atom stereocenters. The monoisotopic (exact) mass is 439 g/mol. The molecular weight excluding hydrogens is 414 g/mol. The van der Waals surface area contributed by atoms with E-state index in [0.29, 0.717) is 36.4 Å². The number of aryl methyl sites for hydroxylation is 1. The minimum absolute atomic E-state index is 0.0107. The van der Waals surface area contributed by atoms with E-state index >= 15 is 0 Å². The second kappa shape index (κ2) is 10.5. The van der Waals surface area contributed by atoms with E-state index < -0.39 is 5.97 Å². The molecule has 0 aromatic heterocycles. The van der Waals surface area contributed by atoms with Crippen LogP contribution in [0.25, 0.3) is 10.8 Å². The zero-order valence-corrected chi connectivity index (χ0v) is 18.2. The fourth-order valence-corrected chi connectivity index (χ4v) is 3.68. The number of nitrogens with one attached hydrogen (secondary N) is 1. The molecule has 0 fully saturated rings. The molecule has 0 saturated carbocycles. The lowest BCUT2D eigenvalue weighted by Gasteiger charge is -2.14. The van der Waals surface area contributed by atoms with E-state index in [1.165, 1.54) is 10.8 Å². The normalized spacial score (nSPS) is 10.7. The number of carboxylic acids is 1. The van der Waals surface area contributed by atoms with Crippen LogP contribution in [-0.4, -0.2) is 23.6 Å². The van der Waals surface area contributed by atoms with Crippen molar-refractivity contribution in [1.82, 2.24) is 0 Å². The minimum atomic E-state index is -0.862. The first-order valence-electron chi connectivity index (χ1n) is 10.9. The number of amides is 1. The van der Waals surface area contributed by atoms with Gasteiger partial charge in [-0.15, -0.1) is 0 Å². The molecule has 4 rings (SSSR count). The molecule has 5 nitrogen and oxygen atoms in total. The summed E-state index contributed by atoms with van der Waals surface area (Å²) in [5, 5.41) is 14.3. The first-order valence-corrected chi connectivity index (χ1v) is 10.9. The van der Waals surface area contributed by atoms with E-state index in [-0.39, 0.29) is 12.3 Å². The molecule has 0 saturated heterocycles. The summed E-state index contributed by atoms with van der Waals surface area (Å²) < 4.78 is 6.07. The second-order valence-corrected chi connectivity index (χ2v) is 7.82. The first-order chi connectivity index (χ1) is 16.1. The van der Waals surface area contributed by atoms with Crippen LogP contribution in [0.4, 0.5) is 5.69 Å². The highest BCUT2D eigenvalue weighted by Gasteiger charge is 2.11. The molecule has 166 valence electrons. The standard InChI is InChI=1S/C28H25NO4/c30-27(31)15-13-22-12-14-25(29-28(32)23-7-2-1-3-8-23)19-26(22)33-17-16-20-10-11-21-6-4-5-9-24(21)18-20/h1-12,14,18-19H,13,15-17H2,(H,29,32)(H,30,31). The van der Waals surface area contributed by atoms with Crippen molar-refractivity contribution in [3.05, 3.63) is 108 Å². The van der Waals surface area contributed by atoms with Gasteiger partial charge < -0.3 is 15.2 Å². The highest BCUT2D eigenvalue weighted by Crippen LogP contribution is 2.26. The van der Waals surface area contributed by atoms with Gasteiger partial charge in [-0.1, -0.05) is 66.7 Å². The van der Waals surface area contributed by atoms with Gasteiger partial charge in [-0.05, 0) is 46.5 Å². The number of hydrogen-bond acceptors (Lipinski definition) is 3. The molecule has 0 unspecified atom stereocenters. The summed E-state index contributed by atoms with van der Waals surface area (Å²) in [6, 6.07) is 28.9. The molecule has 0 radical (unpaired) electrons. The number of aliphatic carboxylic acids is 1. The van der Waals surface area contributed by atoms with Gasteiger partial charge in [0.1, 0.15) is 5.75 Å². The van der Waals surface area contributed by atoms with Crippen LogP contribution >= 0.6 is 0 Å². The van der Waals surface area contributed by atoms with Crippen molar-refractivity contribution < 1.29 is 19.4 Å². The Labute approximate surface area is 192 Å². The molecule has 4 aromatic rings. The Hall–Kier alpha value is -4.12. The van der Waals surface area contributed by atoms with E-state index in [0.717, 1.165) is 11.1 Å². The van der Waals surface area contributed by atoms with Crippen LogP contribution in [-0.2, 0) is 17.6 Å². The van der Waals surface area contributed by atoms with Crippen molar-refractivity contribution in [2.45, 2.75) is 19.3 Å². The van der Waals surface area contributed by atoms with Crippen molar-refractivity contribution in [3.63, 3.8) is 0 Å². The van der Waals surface area contributed by atoms with Crippen molar-refractivity contribution >= 4 is 28.3 Å². The molecule has 0 aliphatic heterocycles. The van der Waals surface area contributed by atoms with Gasteiger partial charge in [-0.25, -0.2) is 0 Å². The maximum absolute atomic E-state index is 12.5. The molecule has 0 spiro atoms. The van der Waals surface area contributed by atoms with Crippen molar-refractivity contribution in [2.75, 3.05) is 11.9 Å². The fourth-order valence-electron chi connectivity index (χ4n) is 3.68. The van der Waals surface area contributed by atoms with Crippen LogP contribution in [0.2, 0.25) is 0 Å². The van der Waals surface area contributed by atoms with Crippen LogP contribution in [0.5, 0.6) is 5.75 Å². The average Bonchev–Trinajstić information content (AvgIpc) is 2.84. The summed E-state index contributed by atoms with van der Waals surface area (Å²) >= 11 is 0. The molecule has 2 N–H and O–H groups in total. The molecule has 0 bridgehead atoms. The minimum Gasteiger partial charge on any atom is -0.493 e. The van der Waals surface area contributed by atoms with Gasteiger partial charge in [0.15, 0.2) is 0 Å². The van der Waals surface area contributed by atoms with Crippen LogP contribution in [0.1, 0.15) is 27.9 Å². The summed E-state index contributed by atoms with van der Waals surface area (Å²) in [6.45, 7) is 0.439. The molecule has 5 heteroatoms. The van der Waals surface area contributed by atoms with E-state index in [1.807, 2.05) is 36.4 Å². The molecule has 33 heavy (non-hydrogen) atoms. The Morgan fingerprint density at radius 1 is 0.788 bits per heavy atom. The topological polar surface area (TPSA) is 75.6 Å². The second-order valence-electron chi connectivity index (χ2n) is 7.82. The van der Waals surface area contributed by atoms with Crippen LogP contribution in [0.15, 0.2) is 91.0 Å².